The average molecular weight is 288 g/mol. The maximum absolute atomic E-state index is 13.5. The van der Waals surface area contributed by atoms with E-state index in [-0.39, 0.29) is 17.9 Å². The Labute approximate surface area is 121 Å². The highest BCUT2D eigenvalue weighted by molar-refractivity contribution is 5.79. The number of aromatic nitrogens is 1. The van der Waals surface area contributed by atoms with Gasteiger partial charge >= 0.3 is 0 Å². The first-order chi connectivity index (χ1) is 10.1. The Kier molecular flexibility index (Phi) is 3.64. The van der Waals surface area contributed by atoms with Crippen molar-refractivity contribution >= 4 is 5.91 Å². The largest absolute Gasteiger partial charge is 0.341 e. The normalized spacial score (nSPS) is 14.9. The van der Waals surface area contributed by atoms with Crippen LogP contribution in [0.1, 0.15) is 17.0 Å². The molecule has 1 aliphatic rings. The zero-order chi connectivity index (χ0) is 14.8. The van der Waals surface area contributed by atoms with Crippen LogP contribution in [0, 0.1) is 11.6 Å². The van der Waals surface area contributed by atoms with Gasteiger partial charge in [0.25, 0.3) is 0 Å². The minimum atomic E-state index is -0.933. The van der Waals surface area contributed by atoms with Crippen molar-refractivity contribution < 1.29 is 13.6 Å². The summed E-state index contributed by atoms with van der Waals surface area (Å²) in [5.74, 6) is -1.73. The Morgan fingerprint density at radius 3 is 2.62 bits per heavy atom. The number of hydrogen-bond acceptors (Lipinski definition) is 2. The van der Waals surface area contributed by atoms with Crippen LogP contribution in [0.15, 0.2) is 42.7 Å². The van der Waals surface area contributed by atoms with E-state index in [1.165, 1.54) is 12.1 Å². The van der Waals surface area contributed by atoms with Gasteiger partial charge in [-0.25, -0.2) is 8.78 Å². The van der Waals surface area contributed by atoms with Crippen LogP contribution in [0.2, 0.25) is 0 Å². The van der Waals surface area contributed by atoms with Gasteiger partial charge in [0, 0.05) is 37.0 Å². The summed E-state index contributed by atoms with van der Waals surface area (Å²) in [5, 5.41) is 0. The second-order valence-corrected chi connectivity index (χ2v) is 5.17. The molecule has 5 heteroatoms. The zero-order valence-corrected chi connectivity index (χ0v) is 11.3. The lowest BCUT2D eigenvalue weighted by atomic mass is 9.91. The third kappa shape index (κ3) is 2.77. The van der Waals surface area contributed by atoms with E-state index < -0.39 is 11.6 Å². The molecule has 3 nitrogen and oxygen atoms in total. The Balaban J connectivity index is 1.60. The number of rotatable bonds is 3. The number of carbonyl (C=O) groups is 1. The number of nitrogens with zero attached hydrogens (tertiary/aromatic N) is 2. The van der Waals surface area contributed by atoms with Crippen molar-refractivity contribution in [1.82, 2.24) is 9.88 Å². The molecule has 1 amide bonds. The molecule has 1 saturated heterocycles. The van der Waals surface area contributed by atoms with Gasteiger partial charge in [-0.3, -0.25) is 9.78 Å². The minimum Gasteiger partial charge on any atom is -0.341 e. The van der Waals surface area contributed by atoms with Gasteiger partial charge in [-0.2, -0.15) is 0 Å². The molecule has 0 radical (unpaired) electrons. The summed E-state index contributed by atoms with van der Waals surface area (Å²) in [6.07, 6.45) is 3.34. The van der Waals surface area contributed by atoms with E-state index in [2.05, 4.69) is 4.98 Å². The van der Waals surface area contributed by atoms with Crippen molar-refractivity contribution in [2.24, 2.45) is 0 Å². The first-order valence-electron chi connectivity index (χ1n) is 6.75. The Bertz CT molecular complexity index is 655. The second kappa shape index (κ2) is 5.60. The van der Waals surface area contributed by atoms with Gasteiger partial charge in [-0.15, -0.1) is 0 Å². The van der Waals surface area contributed by atoms with Crippen LogP contribution in [0.4, 0.5) is 8.78 Å². The number of carbonyl (C=O) groups excluding carboxylic acids is 1. The molecule has 0 spiro atoms. The van der Waals surface area contributed by atoms with Crippen molar-refractivity contribution in [2.75, 3.05) is 13.1 Å². The number of likely N-dealkylation sites (tertiary alicyclic amines) is 1. The lowest BCUT2D eigenvalue weighted by molar-refractivity contribution is -0.134. The molecule has 0 bridgehead atoms. The summed E-state index contributed by atoms with van der Waals surface area (Å²) < 4.78 is 26.6. The van der Waals surface area contributed by atoms with E-state index >= 15 is 0 Å². The zero-order valence-electron chi connectivity index (χ0n) is 11.3. The summed E-state index contributed by atoms with van der Waals surface area (Å²) in [6, 6.07) is 7.76. The molecule has 0 atom stereocenters. The van der Waals surface area contributed by atoms with Gasteiger partial charge in [0.1, 0.15) is 0 Å². The topological polar surface area (TPSA) is 33.2 Å². The number of halogens is 2. The van der Waals surface area contributed by atoms with Gasteiger partial charge in [0.15, 0.2) is 11.6 Å². The Hall–Kier alpha value is -2.30. The fourth-order valence-electron chi connectivity index (χ4n) is 2.49. The highest BCUT2D eigenvalue weighted by Crippen LogP contribution is 2.27. The van der Waals surface area contributed by atoms with Crippen molar-refractivity contribution in [3.8, 4) is 0 Å². The molecule has 1 aromatic carbocycles. The SMILES string of the molecule is O=C(Cc1cccc(F)c1F)N1CC(c2ccncc2)C1. The molecule has 1 fully saturated rings. The van der Waals surface area contributed by atoms with Crippen LogP contribution >= 0.6 is 0 Å². The number of hydrogen-bond donors (Lipinski definition) is 0. The highest BCUT2D eigenvalue weighted by Gasteiger charge is 2.31. The lowest BCUT2D eigenvalue weighted by Crippen LogP contribution is -2.49. The third-order valence-electron chi connectivity index (χ3n) is 3.79. The summed E-state index contributed by atoms with van der Waals surface area (Å²) in [4.78, 5) is 17.7. The van der Waals surface area contributed by atoms with Crippen LogP contribution in [-0.2, 0) is 11.2 Å². The van der Waals surface area contributed by atoms with Gasteiger partial charge in [-0.05, 0) is 23.8 Å². The highest BCUT2D eigenvalue weighted by atomic mass is 19.2. The summed E-state index contributed by atoms with van der Waals surface area (Å²) in [6.45, 7) is 1.22. The van der Waals surface area contributed by atoms with E-state index in [4.69, 9.17) is 0 Å². The van der Waals surface area contributed by atoms with Crippen LogP contribution < -0.4 is 0 Å². The molecule has 2 heterocycles. The number of amides is 1. The van der Waals surface area contributed by atoms with Crippen molar-refractivity contribution in [1.29, 1.82) is 0 Å². The quantitative estimate of drug-likeness (QED) is 0.869. The molecular formula is C16H14F2N2O. The number of pyridine rings is 1. The monoisotopic (exact) mass is 288 g/mol. The van der Waals surface area contributed by atoms with Crippen LogP contribution in [-0.4, -0.2) is 28.9 Å². The third-order valence-corrected chi connectivity index (χ3v) is 3.79. The fraction of sp³-hybridized carbons (Fsp3) is 0.250. The van der Waals surface area contributed by atoms with Crippen molar-refractivity contribution in [3.63, 3.8) is 0 Å². The van der Waals surface area contributed by atoms with Crippen LogP contribution in [0.3, 0.4) is 0 Å². The van der Waals surface area contributed by atoms with Gasteiger partial charge < -0.3 is 4.90 Å². The Morgan fingerprint density at radius 2 is 1.90 bits per heavy atom. The fourth-order valence-corrected chi connectivity index (χ4v) is 2.49. The molecule has 0 N–H and O–H groups in total. The summed E-state index contributed by atoms with van der Waals surface area (Å²) in [7, 11) is 0. The van der Waals surface area contributed by atoms with Crippen LogP contribution in [0.5, 0.6) is 0 Å². The summed E-state index contributed by atoms with van der Waals surface area (Å²) in [5.41, 5.74) is 1.25. The Morgan fingerprint density at radius 1 is 1.19 bits per heavy atom. The molecule has 2 aromatic rings. The smallest absolute Gasteiger partial charge is 0.227 e. The van der Waals surface area contributed by atoms with E-state index in [1.807, 2.05) is 12.1 Å². The molecular weight excluding hydrogens is 274 g/mol. The first kappa shape index (κ1) is 13.7. The van der Waals surface area contributed by atoms with E-state index in [1.54, 1.807) is 17.3 Å². The van der Waals surface area contributed by atoms with Crippen molar-refractivity contribution in [2.45, 2.75) is 12.3 Å². The number of benzene rings is 1. The molecule has 0 unspecified atom stereocenters. The maximum Gasteiger partial charge on any atom is 0.227 e. The first-order valence-corrected chi connectivity index (χ1v) is 6.75. The summed E-state index contributed by atoms with van der Waals surface area (Å²) >= 11 is 0. The lowest BCUT2D eigenvalue weighted by Gasteiger charge is -2.39. The van der Waals surface area contributed by atoms with E-state index in [9.17, 15) is 13.6 Å². The molecule has 3 rings (SSSR count). The standard InChI is InChI=1S/C16H14F2N2O/c17-14-3-1-2-12(16(14)18)8-15(21)20-9-13(10-20)11-4-6-19-7-5-11/h1-7,13H,8-10H2. The van der Waals surface area contributed by atoms with E-state index in [0.717, 1.165) is 11.6 Å². The van der Waals surface area contributed by atoms with E-state index in [0.29, 0.717) is 19.0 Å². The van der Waals surface area contributed by atoms with Gasteiger partial charge in [0.2, 0.25) is 5.91 Å². The predicted molar refractivity (Wildman–Crippen MR) is 73.6 cm³/mol. The van der Waals surface area contributed by atoms with Gasteiger partial charge in [-0.1, -0.05) is 12.1 Å². The van der Waals surface area contributed by atoms with Gasteiger partial charge in [0.05, 0.1) is 6.42 Å². The van der Waals surface area contributed by atoms with Crippen LogP contribution in [0.25, 0.3) is 0 Å². The minimum absolute atomic E-state index is 0.104. The maximum atomic E-state index is 13.5. The molecule has 1 aromatic heterocycles. The second-order valence-electron chi connectivity index (χ2n) is 5.17. The average Bonchev–Trinajstić information content (AvgIpc) is 2.43. The molecule has 0 saturated carbocycles. The molecule has 21 heavy (non-hydrogen) atoms. The van der Waals surface area contributed by atoms with Crippen molar-refractivity contribution in [3.05, 3.63) is 65.5 Å². The predicted octanol–water partition coefficient (Wildman–Crippen LogP) is 2.53. The molecule has 108 valence electrons. The molecule has 0 aliphatic carbocycles. The molecule has 1 aliphatic heterocycles.